The molecule has 1 heterocycles. The molecule has 0 bridgehead atoms. The van der Waals surface area contributed by atoms with Crippen LogP contribution in [-0.4, -0.2) is 4.98 Å². The summed E-state index contributed by atoms with van der Waals surface area (Å²) < 4.78 is 0. The number of benzene rings is 3. The summed E-state index contributed by atoms with van der Waals surface area (Å²) in [6.45, 7) is 0. The highest BCUT2D eigenvalue weighted by atomic mass is 35.5. The molecule has 2 nitrogen and oxygen atoms in total. The molecule has 0 aliphatic carbocycles. The van der Waals surface area contributed by atoms with Gasteiger partial charge in [-0.05, 0) is 29.0 Å². The molecule has 0 unspecified atom stereocenters. The van der Waals surface area contributed by atoms with Gasteiger partial charge in [-0.2, -0.15) is 0 Å². The van der Waals surface area contributed by atoms with E-state index < -0.39 is 0 Å². The van der Waals surface area contributed by atoms with Crippen LogP contribution in [0.2, 0.25) is 5.02 Å². The zero-order valence-corrected chi connectivity index (χ0v) is 12.4. The van der Waals surface area contributed by atoms with E-state index in [1.54, 1.807) is 0 Å². The number of hydrogen-bond acceptors (Lipinski definition) is 1. The standard InChI is InChI=1S/C19H12ClNO/c20-17-10-9-16(14-7-3-4-8-15(14)17)18-11-12-5-1-2-6-13(12)19(22)21-18/h1-11H,(H,21,22). The molecule has 106 valence electrons. The first-order chi connectivity index (χ1) is 10.7. The molecule has 4 rings (SSSR count). The second-order valence-corrected chi connectivity index (χ2v) is 5.65. The Bertz CT molecular complexity index is 1070. The Kier molecular flexibility index (Phi) is 2.98. The van der Waals surface area contributed by atoms with Crippen molar-refractivity contribution in [3.05, 3.63) is 82.1 Å². The molecule has 22 heavy (non-hydrogen) atoms. The van der Waals surface area contributed by atoms with Crippen molar-refractivity contribution in [2.75, 3.05) is 0 Å². The lowest BCUT2D eigenvalue weighted by atomic mass is 10.0. The second-order valence-electron chi connectivity index (χ2n) is 5.24. The SMILES string of the molecule is O=c1[nH]c(-c2ccc(Cl)c3ccccc23)cc2ccccc12. The van der Waals surface area contributed by atoms with E-state index in [0.29, 0.717) is 10.4 Å². The van der Waals surface area contributed by atoms with Crippen molar-refractivity contribution in [2.24, 2.45) is 0 Å². The summed E-state index contributed by atoms with van der Waals surface area (Å²) in [5, 5.41) is 4.35. The monoisotopic (exact) mass is 305 g/mol. The van der Waals surface area contributed by atoms with E-state index in [1.165, 1.54) is 0 Å². The number of pyridine rings is 1. The normalized spacial score (nSPS) is 11.1. The molecular formula is C19H12ClNO. The largest absolute Gasteiger partial charge is 0.321 e. The number of H-pyrrole nitrogens is 1. The van der Waals surface area contributed by atoms with Crippen LogP contribution < -0.4 is 5.56 Å². The zero-order chi connectivity index (χ0) is 15.1. The molecule has 0 saturated carbocycles. The van der Waals surface area contributed by atoms with Crippen molar-refractivity contribution in [3.8, 4) is 11.3 Å². The van der Waals surface area contributed by atoms with Gasteiger partial charge in [-0.25, -0.2) is 0 Å². The molecule has 0 amide bonds. The van der Waals surface area contributed by atoms with Crippen molar-refractivity contribution in [1.29, 1.82) is 0 Å². The number of aromatic amines is 1. The Hall–Kier alpha value is -2.58. The zero-order valence-electron chi connectivity index (χ0n) is 11.6. The van der Waals surface area contributed by atoms with Gasteiger partial charge in [0.05, 0.1) is 0 Å². The number of rotatable bonds is 1. The molecule has 1 N–H and O–H groups in total. The summed E-state index contributed by atoms with van der Waals surface area (Å²) in [4.78, 5) is 15.3. The van der Waals surface area contributed by atoms with Gasteiger partial charge in [-0.3, -0.25) is 4.79 Å². The van der Waals surface area contributed by atoms with E-state index in [0.717, 1.165) is 27.4 Å². The molecule has 4 aromatic rings. The van der Waals surface area contributed by atoms with E-state index >= 15 is 0 Å². The minimum atomic E-state index is -0.0767. The van der Waals surface area contributed by atoms with Gasteiger partial charge in [0.1, 0.15) is 0 Å². The van der Waals surface area contributed by atoms with Crippen LogP contribution in [0.1, 0.15) is 0 Å². The molecule has 1 aromatic heterocycles. The third kappa shape index (κ3) is 2.00. The first-order valence-corrected chi connectivity index (χ1v) is 7.41. The van der Waals surface area contributed by atoms with Gasteiger partial charge in [0.25, 0.3) is 5.56 Å². The second kappa shape index (κ2) is 5.00. The van der Waals surface area contributed by atoms with Crippen LogP contribution in [0.3, 0.4) is 0 Å². The third-order valence-corrected chi connectivity index (χ3v) is 4.24. The highest BCUT2D eigenvalue weighted by Gasteiger charge is 2.09. The number of hydrogen-bond donors (Lipinski definition) is 1. The molecule has 0 saturated heterocycles. The Morgan fingerprint density at radius 1 is 0.773 bits per heavy atom. The molecular weight excluding hydrogens is 294 g/mol. The van der Waals surface area contributed by atoms with Crippen LogP contribution in [0.15, 0.2) is 71.5 Å². The summed E-state index contributed by atoms with van der Waals surface area (Å²) in [5.41, 5.74) is 1.70. The van der Waals surface area contributed by atoms with Crippen molar-refractivity contribution in [2.45, 2.75) is 0 Å². The van der Waals surface area contributed by atoms with Crippen LogP contribution in [0.4, 0.5) is 0 Å². The van der Waals surface area contributed by atoms with Crippen molar-refractivity contribution >= 4 is 33.1 Å². The topological polar surface area (TPSA) is 32.9 Å². The van der Waals surface area contributed by atoms with E-state index in [1.807, 2.05) is 66.7 Å². The van der Waals surface area contributed by atoms with Crippen LogP contribution >= 0.6 is 11.6 Å². The van der Waals surface area contributed by atoms with Gasteiger partial charge >= 0.3 is 0 Å². The molecule has 0 aliphatic heterocycles. The van der Waals surface area contributed by atoms with Gasteiger partial charge in [0, 0.05) is 27.1 Å². The van der Waals surface area contributed by atoms with Gasteiger partial charge in [-0.1, -0.05) is 60.1 Å². The highest BCUT2D eigenvalue weighted by Crippen LogP contribution is 2.32. The maximum Gasteiger partial charge on any atom is 0.256 e. The van der Waals surface area contributed by atoms with Crippen molar-refractivity contribution in [1.82, 2.24) is 4.98 Å². The molecule has 0 spiro atoms. The Labute approximate surface area is 132 Å². The maximum atomic E-state index is 12.3. The highest BCUT2D eigenvalue weighted by molar-refractivity contribution is 6.36. The summed E-state index contributed by atoms with van der Waals surface area (Å²) in [5.74, 6) is 0. The smallest absolute Gasteiger partial charge is 0.256 e. The number of halogens is 1. The summed E-state index contributed by atoms with van der Waals surface area (Å²) >= 11 is 6.27. The molecule has 3 aromatic carbocycles. The van der Waals surface area contributed by atoms with Crippen LogP contribution in [0.25, 0.3) is 32.8 Å². The molecule has 0 aliphatic rings. The van der Waals surface area contributed by atoms with Crippen LogP contribution in [0.5, 0.6) is 0 Å². The van der Waals surface area contributed by atoms with Crippen molar-refractivity contribution in [3.63, 3.8) is 0 Å². The first-order valence-electron chi connectivity index (χ1n) is 7.04. The van der Waals surface area contributed by atoms with E-state index in [4.69, 9.17) is 11.6 Å². The fourth-order valence-corrected chi connectivity index (χ4v) is 3.08. The Morgan fingerprint density at radius 3 is 2.27 bits per heavy atom. The van der Waals surface area contributed by atoms with Crippen molar-refractivity contribution < 1.29 is 0 Å². The van der Waals surface area contributed by atoms with Gasteiger partial charge in [-0.15, -0.1) is 0 Å². The Balaban J connectivity index is 2.08. The predicted octanol–water partition coefficient (Wildman–Crippen LogP) is 5.00. The fraction of sp³-hybridized carbons (Fsp3) is 0. The van der Waals surface area contributed by atoms with Crippen LogP contribution in [-0.2, 0) is 0 Å². The minimum absolute atomic E-state index is 0.0767. The number of aromatic nitrogens is 1. The fourth-order valence-electron chi connectivity index (χ4n) is 2.85. The summed E-state index contributed by atoms with van der Waals surface area (Å²) in [6.07, 6.45) is 0. The number of fused-ring (bicyclic) bond motifs is 2. The third-order valence-electron chi connectivity index (χ3n) is 3.91. The summed E-state index contributed by atoms with van der Waals surface area (Å²) in [7, 11) is 0. The summed E-state index contributed by atoms with van der Waals surface area (Å²) in [6, 6.07) is 21.3. The first kappa shape index (κ1) is 13.1. The Morgan fingerprint density at radius 2 is 1.45 bits per heavy atom. The lowest BCUT2D eigenvalue weighted by Crippen LogP contribution is -2.07. The average Bonchev–Trinajstić information content (AvgIpc) is 2.55. The van der Waals surface area contributed by atoms with E-state index in [-0.39, 0.29) is 5.56 Å². The lowest BCUT2D eigenvalue weighted by molar-refractivity contribution is 1.28. The van der Waals surface area contributed by atoms with Gasteiger partial charge in [0.15, 0.2) is 0 Å². The molecule has 0 atom stereocenters. The van der Waals surface area contributed by atoms with Gasteiger partial charge < -0.3 is 4.98 Å². The van der Waals surface area contributed by atoms with Gasteiger partial charge in [0.2, 0.25) is 0 Å². The number of nitrogens with one attached hydrogen (secondary N) is 1. The van der Waals surface area contributed by atoms with E-state index in [9.17, 15) is 4.79 Å². The minimum Gasteiger partial charge on any atom is -0.321 e. The molecule has 0 fully saturated rings. The quantitative estimate of drug-likeness (QED) is 0.527. The van der Waals surface area contributed by atoms with E-state index in [2.05, 4.69) is 4.98 Å². The lowest BCUT2D eigenvalue weighted by Gasteiger charge is -2.09. The maximum absolute atomic E-state index is 12.3. The molecule has 0 radical (unpaired) electrons. The average molecular weight is 306 g/mol. The molecule has 3 heteroatoms. The predicted molar refractivity (Wildman–Crippen MR) is 92.5 cm³/mol. The van der Waals surface area contributed by atoms with Crippen LogP contribution in [0, 0.1) is 0 Å².